The number of aliphatic carboxylic acids is 2. The van der Waals surface area contributed by atoms with Gasteiger partial charge in [-0.3, -0.25) is 9.59 Å². The Labute approximate surface area is 176 Å². The molecule has 0 fully saturated rings. The zero-order chi connectivity index (χ0) is 23.1. The van der Waals surface area contributed by atoms with Crippen LogP contribution in [0.3, 0.4) is 0 Å². The van der Waals surface area contributed by atoms with Crippen LogP contribution in [0.5, 0.6) is 0 Å². The predicted octanol–water partition coefficient (Wildman–Crippen LogP) is 4.01. The van der Waals surface area contributed by atoms with Gasteiger partial charge in [0.25, 0.3) is 5.91 Å². The van der Waals surface area contributed by atoms with E-state index in [-0.39, 0.29) is 11.3 Å². The Morgan fingerprint density at radius 1 is 0.933 bits per heavy atom. The van der Waals surface area contributed by atoms with E-state index in [1.165, 1.54) is 4.90 Å². The number of benzene rings is 2. The fourth-order valence-electron chi connectivity index (χ4n) is 4.00. The van der Waals surface area contributed by atoms with Crippen LogP contribution in [0.2, 0.25) is 0 Å². The zero-order valence-electron chi connectivity index (χ0n) is 18.3. The maximum atomic E-state index is 13.8. The Bertz CT molecular complexity index is 1000. The normalized spacial score (nSPS) is 14.2. The largest absolute Gasteiger partial charge is 0.481 e. The summed E-state index contributed by atoms with van der Waals surface area (Å²) in [7, 11) is 0. The number of hydrogen-bond acceptors (Lipinski definition) is 4. The lowest BCUT2D eigenvalue weighted by Crippen LogP contribution is -2.69. The van der Waals surface area contributed by atoms with Gasteiger partial charge in [0, 0.05) is 11.2 Å². The topological polar surface area (TPSA) is 121 Å². The molecule has 0 heterocycles. The summed E-state index contributed by atoms with van der Waals surface area (Å²) in [5, 5.41) is 21.5. The first-order chi connectivity index (χ1) is 13.6. The van der Waals surface area contributed by atoms with E-state index >= 15 is 0 Å². The summed E-state index contributed by atoms with van der Waals surface area (Å²) in [5.41, 5.74) is 2.43. The predicted molar refractivity (Wildman–Crippen MR) is 116 cm³/mol. The summed E-state index contributed by atoms with van der Waals surface area (Å²) < 4.78 is 0. The van der Waals surface area contributed by atoms with E-state index in [1.807, 2.05) is 24.3 Å². The highest BCUT2D eigenvalue weighted by molar-refractivity contribution is 6.06. The van der Waals surface area contributed by atoms with E-state index in [1.54, 1.807) is 53.7 Å². The van der Waals surface area contributed by atoms with Gasteiger partial charge >= 0.3 is 11.9 Å². The summed E-state index contributed by atoms with van der Waals surface area (Å²) in [6, 6.07) is 10.7. The molecule has 0 unspecified atom stereocenters. The second-order valence-electron chi connectivity index (χ2n) is 9.58. The van der Waals surface area contributed by atoms with Crippen LogP contribution in [0.1, 0.15) is 58.3 Å². The molecule has 1 amide bonds. The molecule has 0 aliphatic carbocycles. The minimum absolute atomic E-state index is 0.142. The van der Waals surface area contributed by atoms with Crippen molar-refractivity contribution in [3.63, 3.8) is 0 Å². The average molecular weight is 415 g/mol. The summed E-state index contributed by atoms with van der Waals surface area (Å²) in [6.45, 7) is 9.94. The van der Waals surface area contributed by atoms with Crippen LogP contribution in [0, 0.1) is 5.41 Å². The second-order valence-corrected chi connectivity index (χ2v) is 9.58. The van der Waals surface area contributed by atoms with Gasteiger partial charge in [-0.15, -0.1) is 0 Å². The highest BCUT2D eigenvalue weighted by Crippen LogP contribution is 2.44. The minimum atomic E-state index is -2.01. The molecule has 0 radical (unpaired) electrons. The van der Waals surface area contributed by atoms with Gasteiger partial charge in [0.2, 0.25) is 0 Å². The molecule has 2 aromatic carbocycles. The molecular formula is C23H30N2O5. The fraction of sp³-hybridized carbons (Fsp3) is 0.435. The first-order valence-electron chi connectivity index (χ1n) is 9.71. The number of anilines is 1. The maximum absolute atomic E-state index is 13.8. The molecule has 30 heavy (non-hydrogen) atoms. The Hall–Kier alpha value is -3.09. The third-order valence-corrected chi connectivity index (χ3v) is 5.41. The fourth-order valence-corrected chi connectivity index (χ4v) is 4.00. The van der Waals surface area contributed by atoms with Crippen LogP contribution in [-0.2, 0) is 9.59 Å². The number of nitrogens with zero attached hydrogens (tertiary/aromatic N) is 1. The molecule has 7 heteroatoms. The molecule has 0 bridgehead atoms. The van der Waals surface area contributed by atoms with Crippen LogP contribution >= 0.6 is 0 Å². The summed E-state index contributed by atoms with van der Waals surface area (Å²) in [6.07, 6.45) is -0.748. The summed E-state index contributed by atoms with van der Waals surface area (Å²) >= 11 is 0. The third kappa shape index (κ3) is 3.97. The van der Waals surface area contributed by atoms with Gasteiger partial charge in [-0.05, 0) is 49.1 Å². The highest BCUT2D eigenvalue weighted by atomic mass is 16.4. The molecule has 0 aromatic heterocycles. The Balaban J connectivity index is 2.84. The van der Waals surface area contributed by atoms with Gasteiger partial charge in [-0.1, -0.05) is 45.0 Å². The number of carboxylic acid groups (broad SMARTS) is 2. The Kier molecular flexibility index (Phi) is 5.90. The molecule has 2 aromatic rings. The van der Waals surface area contributed by atoms with Crippen molar-refractivity contribution in [2.75, 3.05) is 5.73 Å². The van der Waals surface area contributed by atoms with Crippen LogP contribution in [-0.4, -0.2) is 44.0 Å². The quantitative estimate of drug-likeness (QED) is 0.636. The van der Waals surface area contributed by atoms with E-state index in [4.69, 9.17) is 5.73 Å². The number of fused-ring (bicyclic) bond motifs is 1. The first kappa shape index (κ1) is 23.2. The van der Waals surface area contributed by atoms with Crippen LogP contribution in [0.4, 0.5) is 5.69 Å². The first-order valence-corrected chi connectivity index (χ1v) is 9.71. The van der Waals surface area contributed by atoms with E-state index < -0.39 is 40.8 Å². The molecule has 4 N–H and O–H groups in total. The van der Waals surface area contributed by atoms with Gasteiger partial charge in [-0.2, -0.15) is 0 Å². The molecule has 2 rings (SSSR count). The number of hydrogen-bond donors (Lipinski definition) is 3. The van der Waals surface area contributed by atoms with Crippen molar-refractivity contribution in [3.8, 4) is 0 Å². The van der Waals surface area contributed by atoms with E-state index in [0.717, 1.165) is 10.8 Å². The lowest BCUT2D eigenvalue weighted by Gasteiger charge is -2.53. The third-order valence-electron chi connectivity index (χ3n) is 5.41. The summed E-state index contributed by atoms with van der Waals surface area (Å²) in [5.74, 6) is -3.30. The van der Waals surface area contributed by atoms with Crippen molar-refractivity contribution in [2.24, 2.45) is 5.41 Å². The van der Waals surface area contributed by atoms with Crippen molar-refractivity contribution < 1.29 is 24.6 Å². The molecule has 162 valence electrons. The number of amides is 1. The lowest BCUT2D eigenvalue weighted by atomic mass is 9.68. The van der Waals surface area contributed by atoms with Crippen molar-refractivity contribution in [1.29, 1.82) is 0 Å². The molecular weight excluding hydrogens is 384 g/mol. The molecule has 1 atom stereocenters. The molecule has 7 nitrogen and oxygen atoms in total. The average Bonchev–Trinajstić information content (AvgIpc) is 2.57. The van der Waals surface area contributed by atoms with Gasteiger partial charge in [-0.25, -0.2) is 4.79 Å². The summed E-state index contributed by atoms with van der Waals surface area (Å²) in [4.78, 5) is 39.4. The number of nitrogens with two attached hydrogens (primary N) is 1. The minimum Gasteiger partial charge on any atom is -0.481 e. The van der Waals surface area contributed by atoms with E-state index in [0.29, 0.717) is 0 Å². The van der Waals surface area contributed by atoms with Crippen LogP contribution in [0.25, 0.3) is 10.8 Å². The number of carbonyl (C=O) groups is 3. The highest BCUT2D eigenvalue weighted by Gasteiger charge is 2.59. The SMILES string of the molecule is CC(C)(C)N(C(=O)c1cc2ccccc2cc1N)[C@@](CC(=O)O)(C(=O)O)C(C)(C)C. The molecule has 0 aliphatic rings. The smallest absolute Gasteiger partial charge is 0.330 e. The van der Waals surface area contributed by atoms with Gasteiger partial charge in [0.15, 0.2) is 5.54 Å². The standard InChI is InChI=1S/C23H30N2O5/c1-21(2,3)23(20(29)30,13-18(26)27)25(22(4,5)6)19(28)16-11-14-9-7-8-10-15(14)12-17(16)24/h7-12H,13,24H2,1-6H3,(H,26,27)(H,29,30)/t23-/m0/s1. The van der Waals surface area contributed by atoms with Crippen molar-refractivity contribution in [2.45, 2.75) is 59.0 Å². The second kappa shape index (κ2) is 7.63. The molecule has 0 saturated carbocycles. The van der Waals surface area contributed by atoms with Crippen LogP contribution < -0.4 is 5.73 Å². The number of carbonyl (C=O) groups excluding carboxylic acids is 1. The number of carboxylic acids is 2. The Morgan fingerprint density at radius 2 is 1.43 bits per heavy atom. The van der Waals surface area contributed by atoms with Gasteiger partial charge in [0.05, 0.1) is 12.0 Å². The maximum Gasteiger partial charge on any atom is 0.330 e. The lowest BCUT2D eigenvalue weighted by molar-refractivity contribution is -0.169. The molecule has 0 saturated heterocycles. The van der Waals surface area contributed by atoms with E-state index in [2.05, 4.69) is 0 Å². The monoisotopic (exact) mass is 414 g/mol. The van der Waals surface area contributed by atoms with Crippen LogP contribution in [0.15, 0.2) is 36.4 Å². The molecule has 0 aliphatic heterocycles. The van der Waals surface area contributed by atoms with Crippen molar-refractivity contribution in [3.05, 3.63) is 42.0 Å². The van der Waals surface area contributed by atoms with Crippen molar-refractivity contribution in [1.82, 2.24) is 4.90 Å². The van der Waals surface area contributed by atoms with E-state index in [9.17, 15) is 24.6 Å². The number of rotatable bonds is 5. The van der Waals surface area contributed by atoms with Crippen molar-refractivity contribution >= 4 is 34.3 Å². The van der Waals surface area contributed by atoms with Gasteiger partial charge in [0.1, 0.15) is 0 Å². The number of nitrogen functional groups attached to an aromatic ring is 1. The zero-order valence-corrected chi connectivity index (χ0v) is 18.3. The van der Waals surface area contributed by atoms with Gasteiger partial charge < -0.3 is 20.8 Å². The molecule has 0 spiro atoms. The Morgan fingerprint density at radius 3 is 1.83 bits per heavy atom.